The summed E-state index contributed by atoms with van der Waals surface area (Å²) in [4.78, 5) is 10.5. The number of halogens is 1. The monoisotopic (exact) mass is 240 g/mol. The summed E-state index contributed by atoms with van der Waals surface area (Å²) in [5.41, 5.74) is 6.73. The number of nitrogens with zero attached hydrogens (tertiary/aromatic N) is 3. The van der Waals surface area contributed by atoms with Gasteiger partial charge in [0.2, 0.25) is 0 Å². The molecule has 0 spiro atoms. The number of nitrogens with two attached hydrogens (primary N) is 1. The molecule has 1 aliphatic rings. The van der Waals surface area contributed by atoms with Gasteiger partial charge >= 0.3 is 0 Å². The van der Waals surface area contributed by atoms with E-state index in [1.807, 2.05) is 0 Å². The maximum Gasteiger partial charge on any atom is 0.147 e. The lowest BCUT2D eigenvalue weighted by Crippen LogP contribution is -2.39. The number of likely N-dealkylation sites (N-methyl/N-ethyl adjacent to an activating group) is 1. The van der Waals surface area contributed by atoms with Crippen molar-refractivity contribution >= 4 is 11.6 Å². The van der Waals surface area contributed by atoms with Crippen molar-refractivity contribution in [1.82, 2.24) is 14.9 Å². The van der Waals surface area contributed by atoms with Gasteiger partial charge in [0.05, 0.1) is 18.1 Å². The van der Waals surface area contributed by atoms with E-state index in [0.29, 0.717) is 17.7 Å². The topological polar surface area (TPSA) is 55.0 Å². The standard InChI is InChI=1S/C11H17ClN4/c1-16(10(4-13)8-2-3-8)7-9-5-15-11(12)6-14-9/h5-6,8,10H,2-4,7,13H2,1H3. The third-order valence-corrected chi connectivity index (χ3v) is 3.25. The summed E-state index contributed by atoms with van der Waals surface area (Å²) in [6.07, 6.45) is 5.91. The van der Waals surface area contributed by atoms with E-state index in [0.717, 1.165) is 18.2 Å². The van der Waals surface area contributed by atoms with E-state index in [9.17, 15) is 0 Å². The first-order valence-corrected chi connectivity index (χ1v) is 5.95. The lowest BCUT2D eigenvalue weighted by molar-refractivity contribution is 0.213. The SMILES string of the molecule is CN(Cc1cnc(Cl)cn1)C(CN)C1CC1. The molecule has 4 nitrogen and oxygen atoms in total. The van der Waals surface area contributed by atoms with Gasteiger partial charge in [0.15, 0.2) is 0 Å². The molecule has 1 unspecified atom stereocenters. The van der Waals surface area contributed by atoms with Gasteiger partial charge in [-0.15, -0.1) is 0 Å². The van der Waals surface area contributed by atoms with E-state index in [-0.39, 0.29) is 0 Å². The second-order valence-corrected chi connectivity index (χ2v) is 4.77. The third-order valence-electron chi connectivity index (χ3n) is 3.06. The Labute approximate surface area is 101 Å². The normalized spacial score (nSPS) is 17.8. The van der Waals surface area contributed by atoms with Crippen LogP contribution >= 0.6 is 11.6 Å². The van der Waals surface area contributed by atoms with Gasteiger partial charge in [-0.3, -0.25) is 9.88 Å². The molecule has 5 heteroatoms. The Morgan fingerprint density at radius 2 is 2.25 bits per heavy atom. The highest BCUT2D eigenvalue weighted by Gasteiger charge is 2.32. The van der Waals surface area contributed by atoms with Crippen molar-refractivity contribution in [1.29, 1.82) is 0 Å². The molecule has 0 amide bonds. The number of aromatic nitrogens is 2. The smallest absolute Gasteiger partial charge is 0.147 e. The highest BCUT2D eigenvalue weighted by atomic mass is 35.5. The van der Waals surface area contributed by atoms with E-state index in [2.05, 4.69) is 21.9 Å². The molecule has 1 aromatic heterocycles. The van der Waals surface area contributed by atoms with Crippen LogP contribution < -0.4 is 5.73 Å². The van der Waals surface area contributed by atoms with Crippen molar-refractivity contribution in [3.05, 3.63) is 23.2 Å². The van der Waals surface area contributed by atoms with Crippen LogP contribution in [0.15, 0.2) is 12.4 Å². The van der Waals surface area contributed by atoms with Crippen LogP contribution in [-0.2, 0) is 6.54 Å². The maximum atomic E-state index is 5.79. The Bertz CT molecular complexity index is 336. The van der Waals surface area contributed by atoms with Crippen LogP contribution in [-0.4, -0.2) is 34.5 Å². The Hall–Kier alpha value is -0.710. The summed E-state index contributed by atoms with van der Waals surface area (Å²) in [5.74, 6) is 0.773. The molecule has 1 aliphatic carbocycles. The van der Waals surface area contributed by atoms with Gasteiger partial charge in [-0.1, -0.05) is 11.6 Å². The van der Waals surface area contributed by atoms with Crippen LogP contribution in [0, 0.1) is 5.92 Å². The molecule has 1 heterocycles. The summed E-state index contributed by atoms with van der Waals surface area (Å²) in [5, 5.41) is 0.434. The zero-order valence-corrected chi connectivity index (χ0v) is 10.2. The maximum absolute atomic E-state index is 5.79. The zero-order valence-electron chi connectivity index (χ0n) is 9.43. The van der Waals surface area contributed by atoms with Crippen molar-refractivity contribution in [2.75, 3.05) is 13.6 Å². The molecule has 1 fully saturated rings. The van der Waals surface area contributed by atoms with Crippen molar-refractivity contribution in [2.24, 2.45) is 11.7 Å². The number of hydrogen-bond acceptors (Lipinski definition) is 4. The zero-order chi connectivity index (χ0) is 11.5. The summed E-state index contributed by atoms with van der Waals surface area (Å²) in [6.45, 7) is 1.49. The summed E-state index contributed by atoms with van der Waals surface area (Å²) in [7, 11) is 2.09. The fourth-order valence-electron chi connectivity index (χ4n) is 2.01. The quantitative estimate of drug-likeness (QED) is 0.843. The molecule has 0 saturated heterocycles. The molecular formula is C11H17ClN4. The predicted octanol–water partition coefficient (Wildman–Crippen LogP) is 1.30. The highest BCUT2D eigenvalue weighted by molar-refractivity contribution is 6.29. The van der Waals surface area contributed by atoms with Crippen LogP contribution in [0.1, 0.15) is 18.5 Å². The predicted molar refractivity (Wildman–Crippen MR) is 64.1 cm³/mol. The number of hydrogen-bond donors (Lipinski definition) is 1. The molecule has 0 aromatic carbocycles. The molecule has 2 rings (SSSR count). The van der Waals surface area contributed by atoms with Gasteiger partial charge in [0, 0.05) is 19.1 Å². The van der Waals surface area contributed by atoms with Gasteiger partial charge in [-0.05, 0) is 25.8 Å². The van der Waals surface area contributed by atoms with Crippen molar-refractivity contribution in [3.63, 3.8) is 0 Å². The first-order chi connectivity index (χ1) is 7.70. The van der Waals surface area contributed by atoms with E-state index in [4.69, 9.17) is 17.3 Å². The molecule has 88 valence electrons. The summed E-state index contributed by atoms with van der Waals surface area (Å²) in [6, 6.07) is 0.470. The molecule has 0 aliphatic heterocycles. The minimum Gasteiger partial charge on any atom is -0.329 e. The van der Waals surface area contributed by atoms with E-state index < -0.39 is 0 Å². The molecule has 1 saturated carbocycles. The van der Waals surface area contributed by atoms with Crippen LogP contribution in [0.5, 0.6) is 0 Å². The Morgan fingerprint density at radius 3 is 2.75 bits per heavy atom. The van der Waals surface area contributed by atoms with Crippen molar-refractivity contribution in [2.45, 2.75) is 25.4 Å². The molecule has 0 bridgehead atoms. The molecule has 0 radical (unpaired) electrons. The highest BCUT2D eigenvalue weighted by Crippen LogP contribution is 2.34. The van der Waals surface area contributed by atoms with E-state index >= 15 is 0 Å². The third kappa shape index (κ3) is 2.90. The van der Waals surface area contributed by atoms with Gasteiger partial charge < -0.3 is 5.73 Å². The van der Waals surface area contributed by atoms with Gasteiger partial charge in [-0.2, -0.15) is 0 Å². The average Bonchev–Trinajstić information content (AvgIpc) is 3.07. The Balaban J connectivity index is 1.94. The van der Waals surface area contributed by atoms with Gasteiger partial charge in [0.1, 0.15) is 5.15 Å². The van der Waals surface area contributed by atoms with Gasteiger partial charge in [-0.25, -0.2) is 4.98 Å². The average molecular weight is 241 g/mol. The fourth-order valence-corrected chi connectivity index (χ4v) is 2.10. The van der Waals surface area contributed by atoms with Gasteiger partial charge in [0.25, 0.3) is 0 Å². The minimum absolute atomic E-state index is 0.434. The van der Waals surface area contributed by atoms with Crippen LogP contribution in [0.2, 0.25) is 5.15 Å². The number of rotatable bonds is 5. The first-order valence-electron chi connectivity index (χ1n) is 5.57. The Morgan fingerprint density at radius 1 is 1.50 bits per heavy atom. The fraction of sp³-hybridized carbons (Fsp3) is 0.636. The van der Waals surface area contributed by atoms with Crippen LogP contribution in [0.25, 0.3) is 0 Å². The molecule has 1 aromatic rings. The largest absolute Gasteiger partial charge is 0.329 e. The van der Waals surface area contributed by atoms with Crippen molar-refractivity contribution < 1.29 is 0 Å². The molecular weight excluding hydrogens is 224 g/mol. The van der Waals surface area contributed by atoms with E-state index in [1.165, 1.54) is 12.8 Å². The lowest BCUT2D eigenvalue weighted by Gasteiger charge is -2.26. The summed E-state index contributed by atoms with van der Waals surface area (Å²) >= 11 is 5.69. The van der Waals surface area contributed by atoms with Crippen molar-refractivity contribution in [3.8, 4) is 0 Å². The van der Waals surface area contributed by atoms with Crippen LogP contribution in [0.4, 0.5) is 0 Å². The molecule has 1 atom stereocenters. The molecule has 2 N–H and O–H groups in total. The Kier molecular flexibility index (Phi) is 3.74. The second kappa shape index (κ2) is 5.08. The first kappa shape index (κ1) is 11.8. The summed E-state index contributed by atoms with van der Waals surface area (Å²) < 4.78 is 0. The lowest BCUT2D eigenvalue weighted by atomic mass is 10.1. The van der Waals surface area contributed by atoms with Crippen LogP contribution in [0.3, 0.4) is 0 Å². The van der Waals surface area contributed by atoms with E-state index in [1.54, 1.807) is 12.4 Å². The minimum atomic E-state index is 0.434. The second-order valence-electron chi connectivity index (χ2n) is 4.39. The molecule has 16 heavy (non-hydrogen) atoms.